The molecule has 0 atom stereocenters. The average molecular weight is 311 g/mol. The van der Waals surface area contributed by atoms with Crippen LogP contribution in [0.1, 0.15) is 11.1 Å². The second-order valence-corrected chi connectivity index (χ2v) is 4.75. The predicted molar refractivity (Wildman–Crippen MR) is 83.1 cm³/mol. The van der Waals surface area contributed by atoms with Gasteiger partial charge in [0, 0.05) is 11.8 Å². The van der Waals surface area contributed by atoms with Crippen molar-refractivity contribution < 1.29 is 14.5 Å². The molecule has 0 heterocycles. The minimum absolute atomic E-state index is 0.0376. The zero-order chi connectivity index (χ0) is 16.8. The van der Waals surface area contributed by atoms with Crippen LogP contribution in [0.25, 0.3) is 0 Å². The van der Waals surface area contributed by atoms with Crippen LogP contribution < -0.4 is 10.1 Å². The van der Waals surface area contributed by atoms with E-state index in [1.165, 1.54) is 12.1 Å². The number of amides is 1. The lowest BCUT2D eigenvalue weighted by atomic mass is 10.2. The number of nitro benzene ring substituents is 1. The van der Waals surface area contributed by atoms with E-state index in [4.69, 9.17) is 10.00 Å². The number of ether oxygens (including phenoxy) is 1. The van der Waals surface area contributed by atoms with Gasteiger partial charge in [-0.05, 0) is 42.8 Å². The van der Waals surface area contributed by atoms with Crippen molar-refractivity contribution in [3.63, 3.8) is 0 Å². The molecule has 23 heavy (non-hydrogen) atoms. The highest BCUT2D eigenvalue weighted by molar-refractivity contribution is 5.91. The van der Waals surface area contributed by atoms with Crippen molar-refractivity contribution in [1.82, 2.24) is 0 Å². The second kappa shape index (κ2) is 7.04. The van der Waals surface area contributed by atoms with Crippen LogP contribution in [-0.2, 0) is 4.79 Å². The quantitative estimate of drug-likeness (QED) is 0.675. The summed E-state index contributed by atoms with van der Waals surface area (Å²) in [6, 6.07) is 12.8. The van der Waals surface area contributed by atoms with Gasteiger partial charge in [0.1, 0.15) is 0 Å². The van der Waals surface area contributed by atoms with E-state index in [-0.39, 0.29) is 18.0 Å². The van der Waals surface area contributed by atoms with E-state index in [2.05, 4.69) is 5.32 Å². The van der Waals surface area contributed by atoms with Crippen LogP contribution >= 0.6 is 0 Å². The largest absolute Gasteiger partial charge is 0.477 e. The van der Waals surface area contributed by atoms with Crippen LogP contribution in [0.2, 0.25) is 0 Å². The summed E-state index contributed by atoms with van der Waals surface area (Å²) >= 11 is 0. The summed E-state index contributed by atoms with van der Waals surface area (Å²) in [4.78, 5) is 22.2. The van der Waals surface area contributed by atoms with Crippen LogP contribution in [0.15, 0.2) is 42.5 Å². The van der Waals surface area contributed by atoms with Gasteiger partial charge < -0.3 is 10.1 Å². The fourth-order valence-electron chi connectivity index (χ4n) is 1.86. The van der Waals surface area contributed by atoms with E-state index in [9.17, 15) is 14.9 Å². The molecule has 0 saturated carbocycles. The van der Waals surface area contributed by atoms with E-state index >= 15 is 0 Å². The van der Waals surface area contributed by atoms with Crippen LogP contribution in [-0.4, -0.2) is 17.4 Å². The molecule has 0 aliphatic rings. The molecule has 0 aromatic heterocycles. The Balaban J connectivity index is 1.99. The van der Waals surface area contributed by atoms with Gasteiger partial charge >= 0.3 is 5.69 Å². The molecular weight excluding hydrogens is 298 g/mol. The SMILES string of the molecule is Cc1ccc(OCC(=O)Nc2ccc(C#N)cc2)c([N+](=O)[O-])c1. The minimum atomic E-state index is -0.555. The topological polar surface area (TPSA) is 105 Å². The molecule has 0 unspecified atom stereocenters. The Morgan fingerprint density at radius 3 is 2.61 bits per heavy atom. The van der Waals surface area contributed by atoms with E-state index in [1.54, 1.807) is 37.3 Å². The Hall–Kier alpha value is -3.40. The van der Waals surface area contributed by atoms with Crippen LogP contribution in [0.3, 0.4) is 0 Å². The molecular formula is C16H13N3O4. The number of carbonyl (C=O) groups is 1. The van der Waals surface area contributed by atoms with E-state index in [0.717, 1.165) is 5.56 Å². The third-order valence-electron chi connectivity index (χ3n) is 2.97. The Morgan fingerprint density at radius 2 is 2.00 bits per heavy atom. The van der Waals surface area contributed by atoms with Crippen molar-refractivity contribution >= 4 is 17.3 Å². The normalized spacial score (nSPS) is 9.74. The third kappa shape index (κ3) is 4.28. The van der Waals surface area contributed by atoms with Crippen molar-refractivity contribution in [1.29, 1.82) is 5.26 Å². The number of benzene rings is 2. The Bertz CT molecular complexity index is 779. The summed E-state index contributed by atoms with van der Waals surface area (Å²) in [5.74, 6) is -0.417. The number of nitrogens with one attached hydrogen (secondary N) is 1. The molecule has 7 heteroatoms. The summed E-state index contributed by atoms with van der Waals surface area (Å²) in [7, 11) is 0. The van der Waals surface area contributed by atoms with Gasteiger partial charge in [-0.2, -0.15) is 5.26 Å². The average Bonchev–Trinajstić information content (AvgIpc) is 2.54. The summed E-state index contributed by atoms with van der Waals surface area (Å²) in [6.45, 7) is 1.37. The number of aryl methyl sites for hydroxylation is 1. The monoisotopic (exact) mass is 311 g/mol. The summed E-state index contributed by atoms with van der Waals surface area (Å²) < 4.78 is 5.23. The lowest BCUT2D eigenvalue weighted by Crippen LogP contribution is -2.20. The summed E-state index contributed by atoms with van der Waals surface area (Å²) in [5, 5.41) is 22.2. The summed E-state index contributed by atoms with van der Waals surface area (Å²) in [5.41, 5.74) is 1.53. The molecule has 0 saturated heterocycles. The first-order valence-electron chi connectivity index (χ1n) is 6.67. The highest BCUT2D eigenvalue weighted by Crippen LogP contribution is 2.27. The first-order valence-corrected chi connectivity index (χ1v) is 6.67. The maximum absolute atomic E-state index is 11.8. The number of rotatable bonds is 5. The van der Waals surface area contributed by atoms with Crippen molar-refractivity contribution in [3.8, 4) is 11.8 Å². The van der Waals surface area contributed by atoms with Crippen molar-refractivity contribution in [2.24, 2.45) is 0 Å². The molecule has 0 spiro atoms. The van der Waals surface area contributed by atoms with Gasteiger partial charge in [0.2, 0.25) is 0 Å². The second-order valence-electron chi connectivity index (χ2n) is 4.75. The molecule has 2 aromatic carbocycles. The predicted octanol–water partition coefficient (Wildman–Crippen LogP) is 2.79. The maximum Gasteiger partial charge on any atom is 0.311 e. The summed E-state index contributed by atoms with van der Waals surface area (Å²) in [6.07, 6.45) is 0. The number of hydrogen-bond acceptors (Lipinski definition) is 5. The molecule has 116 valence electrons. The molecule has 0 radical (unpaired) electrons. The molecule has 2 rings (SSSR count). The van der Waals surface area contributed by atoms with Crippen LogP contribution in [0.5, 0.6) is 5.75 Å². The number of carbonyl (C=O) groups excluding carboxylic acids is 1. The van der Waals surface area contributed by atoms with Gasteiger partial charge in [0.25, 0.3) is 5.91 Å². The molecule has 1 N–H and O–H groups in total. The molecule has 7 nitrogen and oxygen atoms in total. The van der Waals surface area contributed by atoms with Gasteiger partial charge in [-0.25, -0.2) is 0 Å². The van der Waals surface area contributed by atoms with E-state index < -0.39 is 10.8 Å². The molecule has 2 aromatic rings. The van der Waals surface area contributed by atoms with E-state index in [0.29, 0.717) is 11.3 Å². The molecule has 0 fully saturated rings. The van der Waals surface area contributed by atoms with E-state index in [1.807, 2.05) is 6.07 Å². The highest BCUT2D eigenvalue weighted by atomic mass is 16.6. The number of hydrogen-bond donors (Lipinski definition) is 1. The fraction of sp³-hybridized carbons (Fsp3) is 0.125. The van der Waals surface area contributed by atoms with Crippen LogP contribution in [0, 0.1) is 28.4 Å². The Kier molecular flexibility index (Phi) is 4.89. The number of nitriles is 1. The Morgan fingerprint density at radius 1 is 1.30 bits per heavy atom. The molecule has 1 amide bonds. The lowest BCUT2D eigenvalue weighted by molar-refractivity contribution is -0.385. The molecule has 0 aliphatic carbocycles. The number of nitro groups is 1. The van der Waals surface area contributed by atoms with Crippen molar-refractivity contribution in [2.45, 2.75) is 6.92 Å². The standard InChI is InChI=1S/C16H13N3O4/c1-11-2-7-15(14(8-11)19(21)22)23-10-16(20)18-13-5-3-12(9-17)4-6-13/h2-8H,10H2,1H3,(H,18,20). The van der Waals surface area contributed by atoms with Crippen molar-refractivity contribution in [2.75, 3.05) is 11.9 Å². The van der Waals surface area contributed by atoms with Gasteiger partial charge in [0.15, 0.2) is 12.4 Å². The smallest absolute Gasteiger partial charge is 0.311 e. The minimum Gasteiger partial charge on any atom is -0.477 e. The molecule has 0 aliphatic heterocycles. The Labute approximate surface area is 132 Å². The number of anilines is 1. The third-order valence-corrected chi connectivity index (χ3v) is 2.97. The zero-order valence-electron chi connectivity index (χ0n) is 12.3. The van der Waals surface area contributed by atoms with Gasteiger partial charge in [0.05, 0.1) is 16.6 Å². The first-order chi connectivity index (χ1) is 11.0. The van der Waals surface area contributed by atoms with Gasteiger partial charge in [-0.15, -0.1) is 0 Å². The van der Waals surface area contributed by atoms with Gasteiger partial charge in [-0.1, -0.05) is 6.07 Å². The number of nitrogens with zero attached hydrogens (tertiary/aromatic N) is 2. The van der Waals surface area contributed by atoms with Gasteiger partial charge in [-0.3, -0.25) is 14.9 Å². The zero-order valence-corrected chi connectivity index (χ0v) is 12.3. The fourth-order valence-corrected chi connectivity index (χ4v) is 1.86. The lowest BCUT2D eigenvalue weighted by Gasteiger charge is -2.08. The maximum atomic E-state index is 11.8. The molecule has 0 bridgehead atoms. The first kappa shape index (κ1) is 16.0. The van der Waals surface area contributed by atoms with Crippen molar-refractivity contribution in [3.05, 3.63) is 63.7 Å². The highest BCUT2D eigenvalue weighted by Gasteiger charge is 2.16. The van der Waals surface area contributed by atoms with Crippen LogP contribution in [0.4, 0.5) is 11.4 Å².